The third-order valence-electron chi connectivity index (χ3n) is 7.55. The van der Waals surface area contributed by atoms with Gasteiger partial charge in [0.25, 0.3) is 0 Å². The Morgan fingerprint density at radius 3 is 2.66 bits per heavy atom. The number of amides is 2. The number of rotatable bonds is 6. The van der Waals surface area contributed by atoms with Crippen LogP contribution in [0.2, 0.25) is 0 Å². The van der Waals surface area contributed by atoms with Crippen molar-refractivity contribution < 1.29 is 19.4 Å². The number of imidazole rings is 1. The second kappa shape index (κ2) is 11.3. The van der Waals surface area contributed by atoms with E-state index in [1.807, 2.05) is 42.2 Å². The Morgan fingerprint density at radius 2 is 1.92 bits per heavy atom. The van der Waals surface area contributed by atoms with Crippen molar-refractivity contribution in [3.05, 3.63) is 47.8 Å². The van der Waals surface area contributed by atoms with Crippen LogP contribution in [0.5, 0.6) is 5.75 Å². The zero-order chi connectivity index (χ0) is 26.6. The molecule has 2 amide bonds. The van der Waals surface area contributed by atoms with Crippen LogP contribution in [-0.2, 0) is 11.3 Å². The first-order chi connectivity index (χ1) is 18.4. The van der Waals surface area contributed by atoms with E-state index in [0.29, 0.717) is 38.7 Å². The average molecular weight is 521 g/mol. The lowest BCUT2D eigenvalue weighted by Gasteiger charge is -2.32. The maximum atomic E-state index is 11.9. The van der Waals surface area contributed by atoms with Gasteiger partial charge in [-0.15, -0.1) is 0 Å². The van der Waals surface area contributed by atoms with Crippen molar-refractivity contribution in [3.8, 4) is 5.75 Å². The fraction of sp³-hybridized carbons (Fsp3) is 0.500. The molecule has 2 aliphatic rings. The molecular weight excluding hydrogens is 484 g/mol. The van der Waals surface area contributed by atoms with Gasteiger partial charge in [0.2, 0.25) is 11.9 Å². The van der Waals surface area contributed by atoms with Crippen molar-refractivity contribution in [2.24, 2.45) is 0 Å². The number of aryl methyl sites for hydroxylation is 1. The molecule has 0 aliphatic carbocycles. The quantitative estimate of drug-likeness (QED) is 0.494. The van der Waals surface area contributed by atoms with Crippen LogP contribution < -0.4 is 10.1 Å². The van der Waals surface area contributed by atoms with Crippen LogP contribution in [-0.4, -0.2) is 73.7 Å². The number of carbonyl (C=O) groups is 2. The molecule has 38 heavy (non-hydrogen) atoms. The van der Waals surface area contributed by atoms with Gasteiger partial charge in [-0.05, 0) is 56.0 Å². The average Bonchev–Trinajstić information content (AvgIpc) is 3.09. The van der Waals surface area contributed by atoms with E-state index in [9.17, 15) is 14.7 Å². The number of nitrogens with zero attached hydrogens (tertiary/aromatic N) is 5. The van der Waals surface area contributed by atoms with Crippen LogP contribution in [0.25, 0.3) is 11.0 Å². The Bertz CT molecular complexity index is 1300. The third-order valence-corrected chi connectivity index (χ3v) is 7.55. The Balaban J connectivity index is 1.49. The minimum absolute atomic E-state index is 0.000375. The van der Waals surface area contributed by atoms with Crippen molar-refractivity contribution in [1.82, 2.24) is 24.3 Å². The molecule has 0 unspecified atom stereocenters. The second-order valence-corrected chi connectivity index (χ2v) is 10.3. The number of benzene rings is 1. The summed E-state index contributed by atoms with van der Waals surface area (Å²) >= 11 is 0. The molecule has 1 atom stereocenters. The fourth-order valence-electron chi connectivity index (χ4n) is 5.56. The summed E-state index contributed by atoms with van der Waals surface area (Å²) in [6.07, 6.45) is 5.07. The molecule has 5 rings (SSSR count). The van der Waals surface area contributed by atoms with Gasteiger partial charge in [0.15, 0.2) is 0 Å². The molecule has 4 heterocycles. The lowest BCUT2D eigenvalue weighted by Crippen LogP contribution is -2.40. The van der Waals surface area contributed by atoms with Crippen LogP contribution >= 0.6 is 0 Å². The minimum Gasteiger partial charge on any atom is -0.488 e. The zero-order valence-electron chi connectivity index (χ0n) is 22.1. The van der Waals surface area contributed by atoms with Gasteiger partial charge in [0, 0.05) is 64.4 Å². The molecule has 202 valence electrons. The van der Waals surface area contributed by atoms with E-state index in [0.717, 1.165) is 60.1 Å². The number of hydrogen-bond acceptors (Lipinski definition) is 6. The molecule has 2 N–H and O–H groups in total. The lowest BCUT2D eigenvalue weighted by atomic mass is 10.1. The van der Waals surface area contributed by atoms with Crippen molar-refractivity contribution in [3.63, 3.8) is 0 Å². The molecule has 0 bridgehead atoms. The van der Waals surface area contributed by atoms with Gasteiger partial charge < -0.3 is 29.5 Å². The minimum atomic E-state index is -0.892. The highest BCUT2D eigenvalue weighted by atomic mass is 16.5. The number of ether oxygens (including phenoxy) is 1. The van der Waals surface area contributed by atoms with Gasteiger partial charge in [0.05, 0.1) is 11.6 Å². The van der Waals surface area contributed by atoms with E-state index < -0.39 is 6.09 Å². The zero-order valence-corrected chi connectivity index (χ0v) is 22.1. The SMILES string of the molecule is CC(=O)N1CCC(Oc2cccc3nc(NCc4ccnc(C)c4)n([C@@H]4CCCCN(C(=O)O)C4)c23)CC1. The molecule has 0 spiro atoms. The highest BCUT2D eigenvalue weighted by molar-refractivity contribution is 5.85. The highest BCUT2D eigenvalue weighted by Gasteiger charge is 2.29. The maximum Gasteiger partial charge on any atom is 0.407 e. The molecule has 1 aromatic carbocycles. The van der Waals surface area contributed by atoms with Crippen LogP contribution in [0.15, 0.2) is 36.5 Å². The number of pyridine rings is 1. The number of carboxylic acid groups (broad SMARTS) is 1. The van der Waals surface area contributed by atoms with E-state index in [1.54, 1.807) is 13.1 Å². The first-order valence-electron chi connectivity index (χ1n) is 13.5. The summed E-state index contributed by atoms with van der Waals surface area (Å²) in [5, 5.41) is 13.3. The van der Waals surface area contributed by atoms with Gasteiger partial charge in [-0.3, -0.25) is 9.78 Å². The first kappa shape index (κ1) is 25.8. The summed E-state index contributed by atoms with van der Waals surface area (Å²) in [6, 6.07) is 9.84. The summed E-state index contributed by atoms with van der Waals surface area (Å²) in [7, 11) is 0. The Morgan fingerprint density at radius 1 is 1.11 bits per heavy atom. The van der Waals surface area contributed by atoms with Gasteiger partial charge in [-0.1, -0.05) is 6.07 Å². The molecular formula is C28H36N6O4. The van der Waals surface area contributed by atoms with Gasteiger partial charge in [-0.2, -0.15) is 0 Å². The fourth-order valence-corrected chi connectivity index (χ4v) is 5.56. The van der Waals surface area contributed by atoms with E-state index in [4.69, 9.17) is 9.72 Å². The molecule has 2 aliphatic heterocycles. The molecule has 3 aromatic rings. The summed E-state index contributed by atoms with van der Waals surface area (Å²) in [5.41, 5.74) is 3.73. The number of carbonyl (C=O) groups excluding carboxylic acids is 1. The summed E-state index contributed by atoms with van der Waals surface area (Å²) in [4.78, 5) is 36.3. The first-order valence-corrected chi connectivity index (χ1v) is 13.5. The van der Waals surface area contributed by atoms with Gasteiger partial charge in [0.1, 0.15) is 17.4 Å². The monoisotopic (exact) mass is 520 g/mol. The number of aromatic nitrogens is 3. The van der Waals surface area contributed by atoms with E-state index in [2.05, 4.69) is 14.9 Å². The molecule has 0 saturated carbocycles. The summed E-state index contributed by atoms with van der Waals surface area (Å²) < 4.78 is 8.72. The molecule has 10 heteroatoms. The Hall–Kier alpha value is -3.82. The summed E-state index contributed by atoms with van der Waals surface area (Å²) in [5.74, 6) is 1.55. The number of likely N-dealkylation sites (tertiary alicyclic amines) is 2. The third kappa shape index (κ3) is 5.69. The molecule has 2 aromatic heterocycles. The van der Waals surface area contributed by atoms with E-state index in [-0.39, 0.29) is 18.1 Å². The molecule has 2 saturated heterocycles. The van der Waals surface area contributed by atoms with Crippen LogP contribution in [0, 0.1) is 6.92 Å². The number of para-hydroxylation sites is 1. The van der Waals surface area contributed by atoms with Gasteiger partial charge >= 0.3 is 6.09 Å². The second-order valence-electron chi connectivity index (χ2n) is 10.3. The normalized spacial score (nSPS) is 18.8. The van der Waals surface area contributed by atoms with Crippen LogP contribution in [0.4, 0.5) is 10.7 Å². The molecule has 0 radical (unpaired) electrons. The predicted octanol–water partition coefficient (Wildman–Crippen LogP) is 4.45. The molecule has 2 fully saturated rings. The van der Waals surface area contributed by atoms with Crippen LogP contribution in [0.1, 0.15) is 56.3 Å². The Labute approximate surface area is 222 Å². The van der Waals surface area contributed by atoms with Crippen molar-refractivity contribution in [2.45, 2.75) is 64.6 Å². The Kier molecular flexibility index (Phi) is 7.67. The number of fused-ring (bicyclic) bond motifs is 1. The maximum absolute atomic E-state index is 11.9. The number of hydrogen-bond donors (Lipinski definition) is 2. The van der Waals surface area contributed by atoms with Crippen molar-refractivity contribution >= 4 is 29.0 Å². The van der Waals surface area contributed by atoms with Gasteiger partial charge in [-0.25, -0.2) is 9.78 Å². The predicted molar refractivity (Wildman–Crippen MR) is 144 cm³/mol. The number of piperidine rings is 1. The standard InChI is InChI=1S/C28H36N6O4/c1-19-16-21(9-12-29-19)17-30-27-31-24-7-5-8-25(38-23-10-14-32(15-11-23)20(2)35)26(24)34(27)22-6-3-4-13-33(18-22)28(36)37/h5,7-9,12,16,22-23H,3-4,6,10-11,13-15,17-18H2,1-2H3,(H,30,31)(H,36,37)/t22-/m1/s1. The molecule has 10 nitrogen and oxygen atoms in total. The smallest absolute Gasteiger partial charge is 0.407 e. The highest BCUT2D eigenvalue weighted by Crippen LogP contribution is 2.36. The van der Waals surface area contributed by atoms with Crippen molar-refractivity contribution in [1.29, 1.82) is 0 Å². The van der Waals surface area contributed by atoms with Crippen molar-refractivity contribution in [2.75, 3.05) is 31.5 Å². The van der Waals surface area contributed by atoms with E-state index in [1.165, 1.54) is 4.90 Å². The largest absolute Gasteiger partial charge is 0.488 e. The van der Waals surface area contributed by atoms with Crippen LogP contribution in [0.3, 0.4) is 0 Å². The number of nitrogens with one attached hydrogen (secondary N) is 1. The van der Waals surface area contributed by atoms with E-state index >= 15 is 0 Å². The topological polar surface area (TPSA) is 113 Å². The summed E-state index contributed by atoms with van der Waals surface area (Å²) in [6.45, 7) is 6.45. The number of anilines is 1. The lowest BCUT2D eigenvalue weighted by molar-refractivity contribution is -0.130.